The molecule has 1 N–H and O–H groups in total. The normalized spacial score (nSPS) is 21.3. The SMILES string of the molecule is CO[C@@](C(=O)O[C@H]1c2c(c(=O)oc3ccccc23)OC(C)(C)[C@H]1O)(c1ccccc1)C(F)(F)F. The Bertz CT molecular complexity index is 1280. The number of hydrogen-bond donors (Lipinski definition) is 1. The zero-order valence-electron chi connectivity index (χ0n) is 18.4. The van der Waals surface area contributed by atoms with Crippen molar-refractivity contribution in [2.75, 3.05) is 7.11 Å². The second-order valence-electron chi connectivity index (χ2n) is 8.35. The van der Waals surface area contributed by atoms with Gasteiger partial charge in [0.1, 0.15) is 17.3 Å². The number of rotatable bonds is 4. The minimum atomic E-state index is -5.22. The molecule has 0 amide bonds. The van der Waals surface area contributed by atoms with Gasteiger partial charge in [0.15, 0.2) is 6.10 Å². The Kier molecular flexibility index (Phi) is 5.69. The van der Waals surface area contributed by atoms with Crippen molar-refractivity contribution >= 4 is 16.9 Å². The van der Waals surface area contributed by atoms with Gasteiger partial charge in [-0.05, 0) is 19.9 Å². The molecule has 0 bridgehead atoms. The smallest absolute Gasteiger partial charge is 0.432 e. The average Bonchev–Trinajstić information content (AvgIpc) is 2.77. The van der Waals surface area contributed by atoms with Gasteiger partial charge in [-0.25, -0.2) is 9.59 Å². The van der Waals surface area contributed by atoms with Crippen LogP contribution in [0.25, 0.3) is 11.0 Å². The maximum absolute atomic E-state index is 14.4. The summed E-state index contributed by atoms with van der Waals surface area (Å²) in [7, 11) is 0.740. The molecule has 0 saturated heterocycles. The summed E-state index contributed by atoms with van der Waals surface area (Å²) >= 11 is 0. The predicted octanol–water partition coefficient (Wildman–Crippen LogP) is 4.01. The van der Waals surface area contributed by atoms with E-state index in [1.807, 2.05) is 0 Å². The maximum atomic E-state index is 14.4. The third kappa shape index (κ3) is 3.54. The van der Waals surface area contributed by atoms with Crippen LogP contribution in [0.1, 0.15) is 31.1 Å². The predicted molar refractivity (Wildman–Crippen MR) is 113 cm³/mol. The molecule has 180 valence electrons. The Morgan fingerprint density at radius 2 is 1.68 bits per heavy atom. The Morgan fingerprint density at radius 3 is 2.29 bits per heavy atom. The highest BCUT2D eigenvalue weighted by Crippen LogP contribution is 2.47. The Hall–Kier alpha value is -3.37. The van der Waals surface area contributed by atoms with Crippen molar-refractivity contribution in [3.63, 3.8) is 0 Å². The molecule has 2 aromatic carbocycles. The van der Waals surface area contributed by atoms with Crippen molar-refractivity contribution in [1.82, 2.24) is 0 Å². The number of carbonyl (C=O) groups is 1. The van der Waals surface area contributed by atoms with Crippen molar-refractivity contribution in [3.8, 4) is 5.75 Å². The molecule has 1 aliphatic rings. The van der Waals surface area contributed by atoms with Crippen LogP contribution in [-0.4, -0.2) is 36.1 Å². The Balaban J connectivity index is 1.91. The number of fused-ring (bicyclic) bond motifs is 3. The van der Waals surface area contributed by atoms with Gasteiger partial charge in [0.05, 0.1) is 5.56 Å². The van der Waals surface area contributed by atoms with E-state index in [2.05, 4.69) is 0 Å². The van der Waals surface area contributed by atoms with Gasteiger partial charge in [-0.2, -0.15) is 13.2 Å². The lowest BCUT2D eigenvalue weighted by Gasteiger charge is -2.42. The highest BCUT2D eigenvalue weighted by molar-refractivity contribution is 5.86. The third-order valence-electron chi connectivity index (χ3n) is 5.87. The molecule has 0 aliphatic carbocycles. The lowest BCUT2D eigenvalue weighted by molar-refractivity contribution is -0.281. The van der Waals surface area contributed by atoms with Gasteiger partial charge in [0, 0.05) is 18.1 Å². The lowest BCUT2D eigenvalue weighted by atomic mass is 9.86. The van der Waals surface area contributed by atoms with Crippen LogP contribution < -0.4 is 10.4 Å². The van der Waals surface area contributed by atoms with E-state index in [4.69, 9.17) is 18.6 Å². The number of esters is 1. The molecule has 4 rings (SSSR count). The topological polar surface area (TPSA) is 95.2 Å². The van der Waals surface area contributed by atoms with Crippen LogP contribution in [0.3, 0.4) is 0 Å². The van der Waals surface area contributed by atoms with Crippen LogP contribution in [-0.2, 0) is 19.9 Å². The van der Waals surface area contributed by atoms with Gasteiger partial charge in [-0.15, -0.1) is 0 Å². The van der Waals surface area contributed by atoms with Crippen LogP contribution in [0.5, 0.6) is 5.75 Å². The van der Waals surface area contributed by atoms with Crippen molar-refractivity contribution in [2.45, 2.75) is 43.4 Å². The minimum absolute atomic E-state index is 0.0830. The fourth-order valence-corrected chi connectivity index (χ4v) is 4.09. The molecule has 34 heavy (non-hydrogen) atoms. The molecular formula is C24H21F3O7. The number of ether oxygens (including phenoxy) is 3. The standard InChI is InChI=1S/C24H21F3O7/c1-22(2)19(28)17(16-14-11-7-8-12-15(14)32-20(29)18(16)34-22)33-21(30)23(31-3,24(25,26)27)13-9-5-4-6-10-13/h4-12,17,19,28H,1-3H3/t17-,19-,23+/m0/s1. The minimum Gasteiger partial charge on any atom is -0.477 e. The zero-order valence-corrected chi connectivity index (χ0v) is 18.4. The summed E-state index contributed by atoms with van der Waals surface area (Å²) in [6, 6.07) is 12.4. The number of aliphatic hydroxyl groups is 1. The first-order chi connectivity index (χ1) is 15.9. The first-order valence-corrected chi connectivity index (χ1v) is 10.3. The molecule has 2 heterocycles. The molecule has 1 aliphatic heterocycles. The molecular weight excluding hydrogens is 457 g/mol. The van der Waals surface area contributed by atoms with Crippen molar-refractivity contribution < 1.29 is 41.7 Å². The quantitative estimate of drug-likeness (QED) is 0.447. The lowest BCUT2D eigenvalue weighted by Crippen LogP contribution is -2.55. The fraction of sp³-hybridized carbons (Fsp3) is 0.333. The largest absolute Gasteiger partial charge is 0.477 e. The van der Waals surface area contributed by atoms with Gasteiger partial charge >= 0.3 is 17.8 Å². The molecule has 0 unspecified atom stereocenters. The Morgan fingerprint density at radius 1 is 1.06 bits per heavy atom. The second-order valence-corrected chi connectivity index (χ2v) is 8.35. The molecule has 3 atom stereocenters. The van der Waals surface area contributed by atoms with E-state index >= 15 is 0 Å². The average molecular weight is 478 g/mol. The van der Waals surface area contributed by atoms with Crippen LogP contribution >= 0.6 is 0 Å². The number of alkyl halides is 3. The molecule has 7 nitrogen and oxygen atoms in total. The number of halogens is 3. The van der Waals surface area contributed by atoms with E-state index < -0.39 is 46.7 Å². The van der Waals surface area contributed by atoms with Crippen LogP contribution in [0.4, 0.5) is 13.2 Å². The fourth-order valence-electron chi connectivity index (χ4n) is 4.09. The monoisotopic (exact) mass is 478 g/mol. The number of carbonyl (C=O) groups excluding carboxylic acids is 1. The van der Waals surface area contributed by atoms with Crippen molar-refractivity contribution in [3.05, 3.63) is 76.1 Å². The summed E-state index contributed by atoms with van der Waals surface area (Å²) in [6.07, 6.45) is -8.54. The van der Waals surface area contributed by atoms with Crippen molar-refractivity contribution in [1.29, 1.82) is 0 Å². The molecule has 3 aromatic rings. The number of benzene rings is 2. The summed E-state index contributed by atoms with van der Waals surface area (Å²) < 4.78 is 64.1. The summed E-state index contributed by atoms with van der Waals surface area (Å²) in [6.45, 7) is 2.81. The van der Waals surface area contributed by atoms with Crippen LogP contribution in [0.15, 0.2) is 63.8 Å². The van der Waals surface area contributed by atoms with E-state index in [1.54, 1.807) is 12.1 Å². The number of hydrogen-bond acceptors (Lipinski definition) is 7. The number of para-hydroxylation sites is 1. The van der Waals surface area contributed by atoms with Crippen LogP contribution in [0, 0.1) is 0 Å². The van der Waals surface area contributed by atoms with E-state index in [0.717, 1.165) is 19.2 Å². The van der Waals surface area contributed by atoms with E-state index in [1.165, 1.54) is 44.2 Å². The molecule has 0 fully saturated rings. The highest BCUT2D eigenvalue weighted by Gasteiger charge is 2.65. The molecule has 0 spiro atoms. The van der Waals surface area contributed by atoms with Gasteiger partial charge in [0.25, 0.3) is 5.60 Å². The van der Waals surface area contributed by atoms with Gasteiger partial charge in [-0.1, -0.05) is 48.5 Å². The van der Waals surface area contributed by atoms with Gasteiger partial charge < -0.3 is 23.7 Å². The van der Waals surface area contributed by atoms with Crippen molar-refractivity contribution in [2.24, 2.45) is 0 Å². The molecule has 0 saturated carbocycles. The van der Waals surface area contributed by atoms with E-state index in [0.29, 0.717) is 0 Å². The number of aliphatic hydroxyl groups excluding tert-OH is 1. The molecule has 10 heteroatoms. The van der Waals surface area contributed by atoms with E-state index in [-0.39, 0.29) is 22.3 Å². The van der Waals surface area contributed by atoms with Crippen LogP contribution in [0.2, 0.25) is 0 Å². The summed E-state index contributed by atoms with van der Waals surface area (Å²) in [5.41, 5.74) is -6.42. The third-order valence-corrected chi connectivity index (χ3v) is 5.87. The summed E-state index contributed by atoms with van der Waals surface area (Å²) in [5.74, 6) is -2.17. The summed E-state index contributed by atoms with van der Waals surface area (Å²) in [4.78, 5) is 25.9. The zero-order chi connectivity index (χ0) is 24.9. The first kappa shape index (κ1) is 23.8. The van der Waals surface area contributed by atoms with Gasteiger partial charge in [0.2, 0.25) is 5.75 Å². The number of methoxy groups -OCH3 is 1. The van der Waals surface area contributed by atoms with E-state index in [9.17, 15) is 27.9 Å². The molecule has 1 aromatic heterocycles. The second kappa shape index (κ2) is 8.14. The summed E-state index contributed by atoms with van der Waals surface area (Å²) in [5, 5.41) is 11.2. The maximum Gasteiger partial charge on any atom is 0.432 e. The Labute approximate surface area is 191 Å². The van der Waals surface area contributed by atoms with Gasteiger partial charge in [-0.3, -0.25) is 0 Å². The highest BCUT2D eigenvalue weighted by atomic mass is 19.4. The molecule has 0 radical (unpaired) electrons. The first-order valence-electron chi connectivity index (χ1n) is 10.3.